The monoisotopic (exact) mass is 341 g/mol. The molecule has 0 aliphatic carbocycles. The average Bonchev–Trinajstić information content (AvgIpc) is 2.42. The van der Waals surface area contributed by atoms with Crippen LogP contribution >= 0.6 is 15.9 Å². The number of benzene rings is 1. The van der Waals surface area contributed by atoms with Gasteiger partial charge in [0.15, 0.2) is 0 Å². The van der Waals surface area contributed by atoms with Crippen LogP contribution in [0.3, 0.4) is 0 Å². The molecule has 1 aromatic rings. The number of halogens is 1. The molecule has 1 amide bonds. The standard InChI is InChI=1S/C15H20BrNO3/c1-9-5-14(16)10(2)4-13(9)15(19)17-6-12(7-18)20-8-11(17)3/h4-5,11-12,18H,6-8H2,1-3H3/t11-,12+/m0/s1. The molecule has 0 radical (unpaired) electrons. The number of rotatable bonds is 2. The highest BCUT2D eigenvalue weighted by Crippen LogP contribution is 2.24. The van der Waals surface area contributed by atoms with Crippen molar-refractivity contribution in [2.24, 2.45) is 0 Å². The molecule has 2 atom stereocenters. The van der Waals surface area contributed by atoms with E-state index in [4.69, 9.17) is 4.74 Å². The number of aliphatic hydroxyl groups excluding tert-OH is 1. The van der Waals surface area contributed by atoms with Gasteiger partial charge in [0.2, 0.25) is 0 Å². The molecule has 2 rings (SSSR count). The van der Waals surface area contributed by atoms with Crippen LogP contribution in [0, 0.1) is 13.8 Å². The molecule has 0 aromatic heterocycles. The predicted octanol–water partition coefficient (Wildman–Crippen LogP) is 2.29. The van der Waals surface area contributed by atoms with E-state index in [9.17, 15) is 9.90 Å². The van der Waals surface area contributed by atoms with Crippen molar-refractivity contribution in [1.82, 2.24) is 4.90 Å². The Morgan fingerprint density at radius 1 is 1.45 bits per heavy atom. The van der Waals surface area contributed by atoms with Gasteiger partial charge in [0, 0.05) is 16.6 Å². The van der Waals surface area contributed by atoms with Gasteiger partial charge < -0.3 is 14.7 Å². The fourth-order valence-electron chi connectivity index (χ4n) is 2.38. The normalized spacial score (nSPS) is 22.9. The predicted molar refractivity (Wildman–Crippen MR) is 80.9 cm³/mol. The number of carbonyl (C=O) groups is 1. The van der Waals surface area contributed by atoms with E-state index >= 15 is 0 Å². The second-order valence-corrected chi connectivity index (χ2v) is 6.22. The van der Waals surface area contributed by atoms with Crippen LogP contribution in [0.2, 0.25) is 0 Å². The maximum atomic E-state index is 12.7. The Hall–Kier alpha value is -0.910. The average molecular weight is 342 g/mol. The van der Waals surface area contributed by atoms with Gasteiger partial charge in [0.05, 0.1) is 25.4 Å². The summed E-state index contributed by atoms with van der Waals surface area (Å²) in [6.07, 6.45) is -0.285. The first-order chi connectivity index (χ1) is 9.43. The molecular formula is C15H20BrNO3. The van der Waals surface area contributed by atoms with Gasteiger partial charge in [-0.05, 0) is 44.0 Å². The molecule has 0 saturated carbocycles. The van der Waals surface area contributed by atoms with Gasteiger partial charge in [0.1, 0.15) is 0 Å². The Bertz CT molecular complexity index is 518. The minimum atomic E-state index is -0.285. The zero-order valence-electron chi connectivity index (χ0n) is 12.0. The SMILES string of the molecule is Cc1cc(C(=O)N2C[C@H](CO)OC[C@@H]2C)c(C)cc1Br. The number of aryl methyl sites for hydroxylation is 2. The summed E-state index contributed by atoms with van der Waals surface area (Å²) in [5.74, 6) is 0.00681. The van der Waals surface area contributed by atoms with E-state index in [0.29, 0.717) is 13.2 Å². The van der Waals surface area contributed by atoms with Crippen molar-refractivity contribution in [1.29, 1.82) is 0 Å². The molecule has 20 heavy (non-hydrogen) atoms. The Labute approximate surface area is 127 Å². The largest absolute Gasteiger partial charge is 0.394 e. The van der Waals surface area contributed by atoms with Crippen LogP contribution in [0.4, 0.5) is 0 Å². The quantitative estimate of drug-likeness (QED) is 0.897. The van der Waals surface area contributed by atoms with E-state index in [0.717, 1.165) is 21.2 Å². The van der Waals surface area contributed by atoms with E-state index in [1.54, 1.807) is 4.90 Å². The van der Waals surface area contributed by atoms with Crippen molar-refractivity contribution in [3.8, 4) is 0 Å². The Morgan fingerprint density at radius 2 is 2.15 bits per heavy atom. The molecule has 1 aliphatic rings. The van der Waals surface area contributed by atoms with Gasteiger partial charge in [0.25, 0.3) is 5.91 Å². The van der Waals surface area contributed by atoms with E-state index in [1.165, 1.54) is 0 Å². The highest BCUT2D eigenvalue weighted by Gasteiger charge is 2.30. The van der Waals surface area contributed by atoms with Gasteiger partial charge in [-0.15, -0.1) is 0 Å². The molecule has 1 aliphatic heterocycles. The number of carbonyl (C=O) groups excluding carboxylic acids is 1. The molecular weight excluding hydrogens is 322 g/mol. The maximum absolute atomic E-state index is 12.7. The molecule has 0 bridgehead atoms. The van der Waals surface area contributed by atoms with E-state index in [1.807, 2.05) is 32.9 Å². The lowest BCUT2D eigenvalue weighted by atomic mass is 10.0. The highest BCUT2D eigenvalue weighted by atomic mass is 79.9. The van der Waals surface area contributed by atoms with Gasteiger partial charge in [-0.1, -0.05) is 15.9 Å². The van der Waals surface area contributed by atoms with Crippen molar-refractivity contribution in [3.05, 3.63) is 33.3 Å². The fourth-order valence-corrected chi connectivity index (χ4v) is 2.83. The molecule has 4 nitrogen and oxygen atoms in total. The van der Waals surface area contributed by atoms with E-state index in [-0.39, 0.29) is 24.7 Å². The lowest BCUT2D eigenvalue weighted by molar-refractivity contribution is -0.0667. The lowest BCUT2D eigenvalue weighted by Crippen LogP contribution is -2.52. The van der Waals surface area contributed by atoms with Crippen molar-refractivity contribution in [2.45, 2.75) is 32.9 Å². The molecule has 1 heterocycles. The second kappa shape index (κ2) is 6.24. The van der Waals surface area contributed by atoms with Crippen LogP contribution < -0.4 is 0 Å². The number of amides is 1. The van der Waals surface area contributed by atoms with Crippen LogP contribution in [-0.2, 0) is 4.74 Å². The van der Waals surface area contributed by atoms with Gasteiger partial charge >= 0.3 is 0 Å². The van der Waals surface area contributed by atoms with Gasteiger partial charge in [-0.2, -0.15) is 0 Å². The molecule has 5 heteroatoms. The van der Waals surface area contributed by atoms with Crippen molar-refractivity contribution < 1.29 is 14.6 Å². The first-order valence-electron chi connectivity index (χ1n) is 6.74. The Kier molecular flexibility index (Phi) is 4.83. The van der Waals surface area contributed by atoms with Gasteiger partial charge in [-0.25, -0.2) is 0 Å². The summed E-state index contributed by atoms with van der Waals surface area (Å²) >= 11 is 3.48. The molecule has 1 aromatic carbocycles. The summed E-state index contributed by atoms with van der Waals surface area (Å²) in [7, 11) is 0. The summed E-state index contributed by atoms with van der Waals surface area (Å²) in [5, 5.41) is 9.21. The third kappa shape index (κ3) is 3.05. The van der Waals surface area contributed by atoms with Crippen molar-refractivity contribution in [3.63, 3.8) is 0 Å². The Balaban J connectivity index is 2.28. The number of hydrogen-bond acceptors (Lipinski definition) is 3. The zero-order chi connectivity index (χ0) is 14.9. The van der Waals surface area contributed by atoms with Crippen LogP contribution in [-0.4, -0.2) is 47.8 Å². The smallest absolute Gasteiger partial charge is 0.254 e. The molecule has 110 valence electrons. The summed E-state index contributed by atoms with van der Waals surface area (Å²) in [6, 6.07) is 3.91. The molecule has 0 spiro atoms. The van der Waals surface area contributed by atoms with E-state index in [2.05, 4.69) is 15.9 Å². The minimum absolute atomic E-state index is 0.00681. The topological polar surface area (TPSA) is 49.8 Å². The second-order valence-electron chi connectivity index (χ2n) is 5.36. The van der Waals surface area contributed by atoms with Crippen LogP contribution in [0.15, 0.2) is 16.6 Å². The number of aliphatic hydroxyl groups is 1. The van der Waals surface area contributed by atoms with Crippen LogP contribution in [0.5, 0.6) is 0 Å². The lowest BCUT2D eigenvalue weighted by Gasteiger charge is -2.37. The van der Waals surface area contributed by atoms with Gasteiger partial charge in [-0.3, -0.25) is 4.79 Å². The number of morpholine rings is 1. The zero-order valence-corrected chi connectivity index (χ0v) is 13.6. The summed E-state index contributed by atoms with van der Waals surface area (Å²) < 4.78 is 6.49. The molecule has 1 saturated heterocycles. The molecule has 1 fully saturated rings. The number of nitrogens with zero attached hydrogens (tertiary/aromatic N) is 1. The summed E-state index contributed by atoms with van der Waals surface area (Å²) in [6.45, 7) is 6.71. The van der Waals surface area contributed by atoms with E-state index < -0.39 is 0 Å². The third-order valence-corrected chi connectivity index (χ3v) is 4.56. The highest BCUT2D eigenvalue weighted by molar-refractivity contribution is 9.10. The van der Waals surface area contributed by atoms with Crippen LogP contribution in [0.25, 0.3) is 0 Å². The maximum Gasteiger partial charge on any atom is 0.254 e. The molecule has 0 unspecified atom stereocenters. The Morgan fingerprint density at radius 3 is 2.80 bits per heavy atom. The minimum Gasteiger partial charge on any atom is -0.394 e. The first-order valence-corrected chi connectivity index (χ1v) is 7.53. The number of hydrogen-bond donors (Lipinski definition) is 1. The van der Waals surface area contributed by atoms with Crippen molar-refractivity contribution in [2.75, 3.05) is 19.8 Å². The fraction of sp³-hybridized carbons (Fsp3) is 0.533. The summed E-state index contributed by atoms with van der Waals surface area (Å²) in [4.78, 5) is 14.5. The van der Waals surface area contributed by atoms with Crippen molar-refractivity contribution >= 4 is 21.8 Å². The third-order valence-electron chi connectivity index (χ3n) is 3.71. The number of ether oxygens (including phenoxy) is 1. The molecule has 1 N–H and O–H groups in total. The summed E-state index contributed by atoms with van der Waals surface area (Å²) in [5.41, 5.74) is 2.71. The van der Waals surface area contributed by atoms with Crippen LogP contribution in [0.1, 0.15) is 28.4 Å². The first kappa shape index (κ1) is 15.5.